The Morgan fingerprint density at radius 1 is 1.60 bits per heavy atom. The highest BCUT2D eigenvalue weighted by Gasteiger charge is 2.06. The average molecular weight is 207 g/mol. The molecule has 6 heteroatoms. The van der Waals surface area contributed by atoms with Gasteiger partial charge in [-0.25, -0.2) is 0 Å². The first-order valence-corrected chi connectivity index (χ1v) is 4.44. The molecular weight excluding hydrogens is 194 g/mol. The quantitative estimate of drug-likeness (QED) is 0.769. The van der Waals surface area contributed by atoms with E-state index in [0.29, 0.717) is 24.7 Å². The summed E-state index contributed by atoms with van der Waals surface area (Å²) in [6, 6.07) is 3.74. The number of hydrogen-bond acceptors (Lipinski definition) is 6. The van der Waals surface area contributed by atoms with Crippen LogP contribution in [0.1, 0.15) is 6.42 Å². The van der Waals surface area contributed by atoms with Gasteiger partial charge in [0.15, 0.2) is 0 Å². The third-order valence-corrected chi connectivity index (χ3v) is 1.87. The van der Waals surface area contributed by atoms with Crippen molar-refractivity contribution in [3.8, 4) is 11.9 Å². The zero-order chi connectivity index (χ0) is 11.3. The molecule has 0 saturated heterocycles. The van der Waals surface area contributed by atoms with Crippen LogP contribution >= 0.6 is 0 Å². The van der Waals surface area contributed by atoms with Crippen LogP contribution in [0.5, 0.6) is 5.88 Å². The van der Waals surface area contributed by atoms with Gasteiger partial charge in [0.2, 0.25) is 11.8 Å². The summed E-state index contributed by atoms with van der Waals surface area (Å²) in [5.74, 6) is 1.23. The smallest absolute Gasteiger partial charge is 0.225 e. The lowest BCUT2D eigenvalue weighted by Crippen LogP contribution is -2.20. The molecule has 0 aliphatic carbocycles. The van der Waals surface area contributed by atoms with Crippen LogP contribution in [-0.4, -0.2) is 30.7 Å². The Bertz CT molecular complexity index is 373. The zero-order valence-corrected chi connectivity index (χ0v) is 8.77. The largest absolute Gasteiger partial charge is 0.481 e. The van der Waals surface area contributed by atoms with Gasteiger partial charge in [-0.3, -0.25) is 0 Å². The lowest BCUT2D eigenvalue weighted by Gasteiger charge is -2.16. The number of hydrogen-bond donors (Lipinski definition) is 1. The number of ether oxygens (including phenoxy) is 1. The van der Waals surface area contributed by atoms with Crippen LogP contribution in [0.15, 0.2) is 6.07 Å². The summed E-state index contributed by atoms with van der Waals surface area (Å²) < 4.78 is 4.97. The molecule has 0 spiro atoms. The van der Waals surface area contributed by atoms with E-state index in [1.807, 2.05) is 11.9 Å². The minimum absolute atomic E-state index is 0.160. The molecule has 0 amide bonds. The molecule has 1 heterocycles. The number of methoxy groups -OCH3 is 1. The van der Waals surface area contributed by atoms with Crippen molar-refractivity contribution in [3.05, 3.63) is 6.07 Å². The van der Waals surface area contributed by atoms with Crippen LogP contribution in [-0.2, 0) is 0 Å². The second-order valence-corrected chi connectivity index (χ2v) is 2.96. The summed E-state index contributed by atoms with van der Waals surface area (Å²) in [5.41, 5.74) is 5.51. The van der Waals surface area contributed by atoms with E-state index >= 15 is 0 Å². The van der Waals surface area contributed by atoms with Crippen LogP contribution < -0.4 is 15.4 Å². The molecule has 0 unspecified atom stereocenters. The maximum absolute atomic E-state index is 8.46. The summed E-state index contributed by atoms with van der Waals surface area (Å²) in [7, 11) is 3.35. The molecule has 1 aromatic rings. The van der Waals surface area contributed by atoms with E-state index in [1.54, 1.807) is 6.07 Å². The molecule has 2 N–H and O–H groups in total. The van der Waals surface area contributed by atoms with Gasteiger partial charge in [-0.2, -0.15) is 15.2 Å². The van der Waals surface area contributed by atoms with Crippen molar-refractivity contribution < 1.29 is 4.74 Å². The fourth-order valence-electron chi connectivity index (χ4n) is 1.06. The van der Waals surface area contributed by atoms with Gasteiger partial charge >= 0.3 is 0 Å². The van der Waals surface area contributed by atoms with Gasteiger partial charge in [0.05, 0.1) is 19.6 Å². The number of rotatable bonds is 4. The Morgan fingerprint density at radius 3 is 2.93 bits per heavy atom. The Kier molecular flexibility index (Phi) is 3.68. The highest BCUT2D eigenvalue weighted by molar-refractivity contribution is 5.44. The molecule has 0 aliphatic heterocycles. The van der Waals surface area contributed by atoms with E-state index in [1.165, 1.54) is 7.11 Å². The normalized spacial score (nSPS) is 9.40. The van der Waals surface area contributed by atoms with Gasteiger partial charge in [-0.05, 0) is 0 Å². The monoisotopic (exact) mass is 207 g/mol. The summed E-state index contributed by atoms with van der Waals surface area (Å²) >= 11 is 0. The Balaban J connectivity index is 2.84. The van der Waals surface area contributed by atoms with E-state index < -0.39 is 0 Å². The third kappa shape index (κ3) is 2.98. The minimum Gasteiger partial charge on any atom is -0.481 e. The maximum atomic E-state index is 8.46. The van der Waals surface area contributed by atoms with Gasteiger partial charge in [0.1, 0.15) is 5.82 Å². The molecule has 0 atom stereocenters. The number of anilines is 2. The van der Waals surface area contributed by atoms with E-state index in [9.17, 15) is 0 Å². The molecular formula is C9H13N5O. The van der Waals surface area contributed by atoms with E-state index in [2.05, 4.69) is 16.0 Å². The molecule has 0 fully saturated rings. The summed E-state index contributed by atoms with van der Waals surface area (Å²) in [5, 5.41) is 8.46. The minimum atomic E-state index is 0.160. The number of aromatic nitrogens is 2. The summed E-state index contributed by atoms with van der Waals surface area (Å²) in [6.45, 7) is 0.593. The van der Waals surface area contributed by atoms with E-state index in [-0.39, 0.29) is 5.95 Å². The second kappa shape index (κ2) is 5.00. The average Bonchev–Trinajstić information content (AvgIpc) is 2.24. The molecule has 15 heavy (non-hydrogen) atoms. The molecule has 0 aliphatic rings. The van der Waals surface area contributed by atoms with Gasteiger partial charge in [-0.1, -0.05) is 0 Å². The Morgan fingerprint density at radius 2 is 2.33 bits per heavy atom. The fraction of sp³-hybridized carbons (Fsp3) is 0.444. The van der Waals surface area contributed by atoms with Crippen LogP contribution in [0.4, 0.5) is 11.8 Å². The lowest BCUT2D eigenvalue weighted by molar-refractivity contribution is 0.397. The highest BCUT2D eigenvalue weighted by Crippen LogP contribution is 2.17. The van der Waals surface area contributed by atoms with Gasteiger partial charge in [0.25, 0.3) is 0 Å². The molecule has 1 aromatic heterocycles. The fourth-order valence-corrected chi connectivity index (χ4v) is 1.06. The molecule has 6 nitrogen and oxygen atoms in total. The topological polar surface area (TPSA) is 88.1 Å². The van der Waals surface area contributed by atoms with Crippen molar-refractivity contribution >= 4 is 11.8 Å². The van der Waals surface area contributed by atoms with Gasteiger partial charge in [0, 0.05) is 19.7 Å². The summed E-state index contributed by atoms with van der Waals surface area (Å²) in [4.78, 5) is 9.73. The van der Waals surface area contributed by atoms with Crippen molar-refractivity contribution in [2.24, 2.45) is 0 Å². The highest BCUT2D eigenvalue weighted by atomic mass is 16.5. The third-order valence-electron chi connectivity index (χ3n) is 1.87. The van der Waals surface area contributed by atoms with Crippen LogP contribution in [0.2, 0.25) is 0 Å². The van der Waals surface area contributed by atoms with Crippen molar-refractivity contribution in [2.75, 3.05) is 31.3 Å². The number of nitrogens with two attached hydrogens (primary N) is 1. The number of nitrogen functional groups attached to an aromatic ring is 1. The number of nitrogens with zero attached hydrogens (tertiary/aromatic N) is 4. The van der Waals surface area contributed by atoms with Gasteiger partial charge < -0.3 is 15.4 Å². The Labute approximate surface area is 88.3 Å². The molecule has 1 rings (SSSR count). The first-order chi connectivity index (χ1) is 7.17. The predicted octanol–water partition coefficient (Wildman–Crippen LogP) is 0.417. The molecule has 0 bridgehead atoms. The van der Waals surface area contributed by atoms with Crippen LogP contribution in [0.3, 0.4) is 0 Å². The molecule has 80 valence electrons. The SMILES string of the molecule is COc1cc(N(C)CCC#N)nc(N)n1. The number of nitriles is 1. The maximum Gasteiger partial charge on any atom is 0.225 e. The van der Waals surface area contributed by atoms with Crippen molar-refractivity contribution in [1.29, 1.82) is 5.26 Å². The standard InChI is InChI=1S/C9H13N5O/c1-14(5-3-4-10)7-6-8(15-2)13-9(11)12-7/h6H,3,5H2,1-2H3,(H2,11,12,13). The summed E-state index contributed by atoms with van der Waals surface area (Å²) in [6.07, 6.45) is 0.433. The lowest BCUT2D eigenvalue weighted by atomic mass is 10.4. The zero-order valence-electron chi connectivity index (χ0n) is 8.77. The second-order valence-electron chi connectivity index (χ2n) is 2.96. The molecule has 0 saturated carbocycles. The van der Waals surface area contributed by atoms with Crippen molar-refractivity contribution in [1.82, 2.24) is 9.97 Å². The van der Waals surface area contributed by atoms with E-state index in [4.69, 9.17) is 15.7 Å². The predicted molar refractivity (Wildman–Crippen MR) is 56.5 cm³/mol. The van der Waals surface area contributed by atoms with Gasteiger partial charge in [-0.15, -0.1) is 0 Å². The van der Waals surface area contributed by atoms with E-state index in [0.717, 1.165) is 0 Å². The van der Waals surface area contributed by atoms with Crippen LogP contribution in [0.25, 0.3) is 0 Å². The van der Waals surface area contributed by atoms with Crippen molar-refractivity contribution in [3.63, 3.8) is 0 Å². The first-order valence-electron chi connectivity index (χ1n) is 4.44. The molecule has 0 aromatic carbocycles. The molecule has 0 radical (unpaired) electrons. The van der Waals surface area contributed by atoms with Crippen LogP contribution in [0, 0.1) is 11.3 Å². The van der Waals surface area contributed by atoms with Crippen molar-refractivity contribution in [2.45, 2.75) is 6.42 Å². The Hall–Kier alpha value is -2.03. The first kappa shape index (κ1) is 11.0.